The van der Waals surface area contributed by atoms with Gasteiger partial charge in [0.15, 0.2) is 0 Å². The molecule has 100 valence electrons. The molecule has 1 heterocycles. The number of nitrogens with one attached hydrogen (secondary N) is 1. The number of carboxylic acid groups (broad SMARTS) is 1. The summed E-state index contributed by atoms with van der Waals surface area (Å²) in [6.45, 7) is 6.12. The van der Waals surface area contributed by atoms with Gasteiger partial charge in [0, 0.05) is 12.6 Å². The summed E-state index contributed by atoms with van der Waals surface area (Å²) in [5, 5.41) is 13.0. The summed E-state index contributed by atoms with van der Waals surface area (Å²) in [4.78, 5) is 13.8. The van der Waals surface area contributed by atoms with Crippen LogP contribution in [-0.4, -0.2) is 47.7 Å². The lowest BCUT2D eigenvalue weighted by Gasteiger charge is -2.33. The SMILES string of the molecule is CCCC(CCC)(NC1CCN(C)C1)C(=O)O. The van der Waals surface area contributed by atoms with Crippen molar-refractivity contribution < 1.29 is 9.90 Å². The van der Waals surface area contributed by atoms with Gasteiger partial charge < -0.3 is 10.0 Å². The first-order chi connectivity index (χ1) is 8.04. The third kappa shape index (κ3) is 3.68. The van der Waals surface area contributed by atoms with Crippen LogP contribution in [0.2, 0.25) is 0 Å². The number of aliphatic carboxylic acids is 1. The first-order valence-electron chi connectivity index (χ1n) is 6.73. The molecule has 0 aromatic rings. The van der Waals surface area contributed by atoms with Crippen LogP contribution in [0.3, 0.4) is 0 Å². The molecule has 0 amide bonds. The lowest BCUT2D eigenvalue weighted by molar-refractivity contribution is -0.146. The van der Waals surface area contributed by atoms with E-state index in [-0.39, 0.29) is 0 Å². The molecular weight excluding hydrogens is 216 g/mol. The van der Waals surface area contributed by atoms with E-state index >= 15 is 0 Å². The fraction of sp³-hybridized carbons (Fsp3) is 0.923. The number of hydrogen-bond donors (Lipinski definition) is 2. The topological polar surface area (TPSA) is 52.6 Å². The first-order valence-corrected chi connectivity index (χ1v) is 6.73. The Bertz CT molecular complexity index is 250. The van der Waals surface area contributed by atoms with Gasteiger partial charge in [-0.2, -0.15) is 0 Å². The van der Waals surface area contributed by atoms with Gasteiger partial charge >= 0.3 is 5.97 Å². The smallest absolute Gasteiger partial charge is 0.323 e. The molecule has 0 saturated carbocycles. The zero-order valence-corrected chi connectivity index (χ0v) is 11.3. The Labute approximate surface area is 104 Å². The summed E-state index contributed by atoms with van der Waals surface area (Å²) in [6.07, 6.45) is 4.30. The van der Waals surface area contributed by atoms with Gasteiger partial charge in [0.2, 0.25) is 0 Å². The van der Waals surface area contributed by atoms with Crippen molar-refractivity contribution in [2.45, 2.75) is 57.5 Å². The molecule has 0 aromatic heterocycles. The Morgan fingerprint density at radius 3 is 2.35 bits per heavy atom. The fourth-order valence-corrected chi connectivity index (χ4v) is 2.84. The lowest BCUT2D eigenvalue weighted by Crippen LogP contribution is -2.56. The Morgan fingerprint density at radius 1 is 1.41 bits per heavy atom. The highest BCUT2D eigenvalue weighted by Gasteiger charge is 2.39. The van der Waals surface area contributed by atoms with Crippen LogP contribution in [0.4, 0.5) is 0 Å². The molecule has 0 spiro atoms. The second kappa shape index (κ2) is 6.36. The number of likely N-dealkylation sites (N-methyl/N-ethyl adjacent to an activating group) is 1. The summed E-state index contributed by atoms with van der Waals surface area (Å²) >= 11 is 0. The van der Waals surface area contributed by atoms with E-state index < -0.39 is 11.5 Å². The van der Waals surface area contributed by atoms with Crippen LogP contribution in [-0.2, 0) is 4.79 Å². The summed E-state index contributed by atoms with van der Waals surface area (Å²) in [5.74, 6) is -0.684. The Hall–Kier alpha value is -0.610. The van der Waals surface area contributed by atoms with E-state index in [1.807, 2.05) is 0 Å². The zero-order valence-electron chi connectivity index (χ0n) is 11.3. The molecule has 1 aliphatic heterocycles. The number of nitrogens with zero attached hydrogens (tertiary/aromatic N) is 1. The van der Waals surface area contributed by atoms with E-state index in [0.717, 1.165) is 45.2 Å². The minimum Gasteiger partial charge on any atom is -0.480 e. The zero-order chi connectivity index (χ0) is 12.9. The van der Waals surface area contributed by atoms with Crippen LogP contribution in [0.5, 0.6) is 0 Å². The first kappa shape index (κ1) is 14.5. The highest BCUT2D eigenvalue weighted by molar-refractivity contribution is 5.78. The van der Waals surface area contributed by atoms with E-state index in [2.05, 4.69) is 31.1 Å². The quantitative estimate of drug-likeness (QED) is 0.713. The maximum Gasteiger partial charge on any atom is 0.323 e. The average molecular weight is 242 g/mol. The predicted octanol–water partition coefficient (Wildman–Crippen LogP) is 1.70. The molecule has 1 unspecified atom stereocenters. The van der Waals surface area contributed by atoms with Gasteiger partial charge in [-0.15, -0.1) is 0 Å². The van der Waals surface area contributed by atoms with Crippen molar-refractivity contribution >= 4 is 5.97 Å². The summed E-state index contributed by atoms with van der Waals surface area (Å²) in [6, 6.07) is 0.328. The number of carbonyl (C=O) groups is 1. The van der Waals surface area contributed by atoms with Crippen molar-refractivity contribution in [3.8, 4) is 0 Å². The van der Waals surface area contributed by atoms with Crippen LogP contribution in [0, 0.1) is 0 Å². The van der Waals surface area contributed by atoms with Crippen LogP contribution in [0.1, 0.15) is 46.0 Å². The molecule has 4 nitrogen and oxygen atoms in total. The van der Waals surface area contributed by atoms with Crippen molar-refractivity contribution in [1.82, 2.24) is 10.2 Å². The summed E-state index contributed by atoms with van der Waals surface area (Å²) in [7, 11) is 2.09. The maximum absolute atomic E-state index is 11.6. The molecule has 0 aromatic carbocycles. The number of hydrogen-bond acceptors (Lipinski definition) is 3. The molecule has 0 radical (unpaired) electrons. The monoisotopic (exact) mass is 242 g/mol. The normalized spacial score (nSPS) is 21.9. The van der Waals surface area contributed by atoms with E-state index in [9.17, 15) is 9.90 Å². The van der Waals surface area contributed by atoms with Crippen molar-refractivity contribution in [1.29, 1.82) is 0 Å². The molecule has 4 heteroatoms. The highest BCUT2D eigenvalue weighted by Crippen LogP contribution is 2.23. The average Bonchev–Trinajstić information content (AvgIpc) is 2.64. The fourth-order valence-electron chi connectivity index (χ4n) is 2.84. The van der Waals surface area contributed by atoms with Crippen molar-refractivity contribution in [2.75, 3.05) is 20.1 Å². The Balaban J connectivity index is 2.70. The van der Waals surface area contributed by atoms with E-state index in [4.69, 9.17) is 0 Å². The Morgan fingerprint density at radius 2 is 2.00 bits per heavy atom. The molecule has 1 rings (SSSR count). The van der Waals surface area contributed by atoms with Crippen LogP contribution in [0.15, 0.2) is 0 Å². The molecule has 1 fully saturated rings. The van der Waals surface area contributed by atoms with E-state index in [1.54, 1.807) is 0 Å². The Kier molecular flexibility index (Phi) is 5.40. The summed E-state index contributed by atoms with van der Waals surface area (Å²) in [5.41, 5.74) is -0.709. The maximum atomic E-state index is 11.6. The molecule has 1 atom stereocenters. The lowest BCUT2D eigenvalue weighted by atomic mass is 9.87. The molecule has 0 aliphatic carbocycles. The van der Waals surface area contributed by atoms with Crippen molar-refractivity contribution in [2.24, 2.45) is 0 Å². The van der Waals surface area contributed by atoms with Gasteiger partial charge in [0.1, 0.15) is 5.54 Å². The van der Waals surface area contributed by atoms with Crippen LogP contribution < -0.4 is 5.32 Å². The second-order valence-electron chi connectivity index (χ2n) is 5.28. The minimum atomic E-state index is -0.709. The minimum absolute atomic E-state index is 0.328. The van der Waals surface area contributed by atoms with Crippen molar-refractivity contribution in [3.63, 3.8) is 0 Å². The van der Waals surface area contributed by atoms with Gasteiger partial charge in [-0.25, -0.2) is 0 Å². The van der Waals surface area contributed by atoms with Gasteiger partial charge in [-0.05, 0) is 32.9 Å². The number of rotatable bonds is 7. The molecule has 2 N–H and O–H groups in total. The second-order valence-corrected chi connectivity index (χ2v) is 5.28. The third-order valence-corrected chi connectivity index (χ3v) is 3.63. The summed E-state index contributed by atoms with van der Waals surface area (Å²) < 4.78 is 0. The molecule has 17 heavy (non-hydrogen) atoms. The standard InChI is InChI=1S/C13H26N2O2/c1-4-7-13(8-5-2,12(16)17)14-11-6-9-15(3)10-11/h11,14H,4-10H2,1-3H3,(H,16,17). The largest absolute Gasteiger partial charge is 0.480 e. The third-order valence-electron chi connectivity index (χ3n) is 3.63. The molecule has 1 aliphatic rings. The molecule has 0 bridgehead atoms. The molecular formula is C13H26N2O2. The van der Waals surface area contributed by atoms with E-state index in [1.165, 1.54) is 0 Å². The van der Waals surface area contributed by atoms with Gasteiger partial charge in [0.05, 0.1) is 0 Å². The van der Waals surface area contributed by atoms with Crippen molar-refractivity contribution in [3.05, 3.63) is 0 Å². The van der Waals surface area contributed by atoms with Gasteiger partial charge in [-0.1, -0.05) is 26.7 Å². The predicted molar refractivity (Wildman–Crippen MR) is 69.2 cm³/mol. The number of carboxylic acids is 1. The number of likely N-dealkylation sites (tertiary alicyclic amines) is 1. The van der Waals surface area contributed by atoms with Crippen LogP contribution >= 0.6 is 0 Å². The highest BCUT2D eigenvalue weighted by atomic mass is 16.4. The van der Waals surface area contributed by atoms with Gasteiger partial charge in [-0.3, -0.25) is 10.1 Å². The van der Waals surface area contributed by atoms with Crippen LogP contribution in [0.25, 0.3) is 0 Å². The van der Waals surface area contributed by atoms with Gasteiger partial charge in [0.25, 0.3) is 0 Å². The molecule has 1 saturated heterocycles. The van der Waals surface area contributed by atoms with E-state index in [0.29, 0.717) is 6.04 Å².